The third-order valence-corrected chi connectivity index (χ3v) is 4.78. The highest BCUT2D eigenvalue weighted by Gasteiger charge is 2.19. The zero-order valence-electron chi connectivity index (χ0n) is 14.2. The van der Waals surface area contributed by atoms with E-state index in [0.29, 0.717) is 16.3 Å². The van der Waals surface area contributed by atoms with Gasteiger partial charge in [-0.25, -0.2) is 0 Å². The van der Waals surface area contributed by atoms with Gasteiger partial charge in [0.2, 0.25) is 5.56 Å². The molecule has 1 aromatic carbocycles. The van der Waals surface area contributed by atoms with Gasteiger partial charge in [-0.2, -0.15) is 0 Å². The van der Waals surface area contributed by atoms with Gasteiger partial charge >= 0.3 is 0 Å². The van der Waals surface area contributed by atoms with Crippen molar-refractivity contribution in [2.45, 2.75) is 38.1 Å². The maximum atomic E-state index is 12.5. The van der Waals surface area contributed by atoms with Crippen LogP contribution in [0.3, 0.4) is 0 Å². The number of H-pyrrole nitrogens is 1. The molecule has 0 unspecified atom stereocenters. The zero-order chi connectivity index (χ0) is 18.5. The molecule has 2 amide bonds. The summed E-state index contributed by atoms with van der Waals surface area (Å²) in [5, 5.41) is 6.02. The Labute approximate surface area is 156 Å². The average Bonchev–Trinajstić information content (AvgIpc) is 2.64. The number of carbonyl (C=O) groups excluding carboxylic acids is 2. The Morgan fingerprint density at radius 3 is 2.54 bits per heavy atom. The van der Waals surface area contributed by atoms with Crippen LogP contribution < -0.4 is 16.2 Å². The smallest absolute Gasteiger partial charge is 0.255 e. The summed E-state index contributed by atoms with van der Waals surface area (Å²) in [5.74, 6) is -0.675. The van der Waals surface area contributed by atoms with E-state index in [1.54, 1.807) is 18.2 Å². The highest BCUT2D eigenvalue weighted by Crippen LogP contribution is 2.23. The number of nitrogens with one attached hydrogen (secondary N) is 3. The number of halogens is 1. The van der Waals surface area contributed by atoms with Crippen LogP contribution in [0.25, 0.3) is 0 Å². The third-order valence-electron chi connectivity index (χ3n) is 4.45. The second kappa shape index (κ2) is 8.19. The molecule has 26 heavy (non-hydrogen) atoms. The Morgan fingerprint density at radius 1 is 1.04 bits per heavy atom. The quantitative estimate of drug-likeness (QED) is 0.767. The van der Waals surface area contributed by atoms with E-state index in [4.69, 9.17) is 11.6 Å². The molecule has 0 saturated heterocycles. The van der Waals surface area contributed by atoms with E-state index in [2.05, 4.69) is 15.6 Å². The van der Waals surface area contributed by atoms with E-state index >= 15 is 0 Å². The summed E-state index contributed by atoms with van der Waals surface area (Å²) >= 11 is 6.16. The Hall–Kier alpha value is -2.60. The lowest BCUT2D eigenvalue weighted by molar-refractivity contribution is 0.0926. The number of rotatable bonds is 4. The Kier molecular flexibility index (Phi) is 5.73. The number of aromatic amines is 1. The highest BCUT2D eigenvalue weighted by atomic mass is 35.5. The van der Waals surface area contributed by atoms with Crippen molar-refractivity contribution in [3.8, 4) is 0 Å². The summed E-state index contributed by atoms with van der Waals surface area (Å²) < 4.78 is 0. The molecular weight excluding hydrogens is 354 g/mol. The topological polar surface area (TPSA) is 91.1 Å². The number of carbonyl (C=O) groups is 2. The molecule has 3 N–H and O–H groups in total. The van der Waals surface area contributed by atoms with Gasteiger partial charge in [0, 0.05) is 29.6 Å². The van der Waals surface area contributed by atoms with Crippen molar-refractivity contribution in [3.63, 3.8) is 0 Å². The number of amides is 2. The van der Waals surface area contributed by atoms with Crippen LogP contribution in [0.15, 0.2) is 41.3 Å². The largest absolute Gasteiger partial charge is 0.349 e. The lowest BCUT2D eigenvalue weighted by Crippen LogP contribution is -2.36. The van der Waals surface area contributed by atoms with E-state index in [9.17, 15) is 14.4 Å². The number of hydrogen-bond donors (Lipinski definition) is 3. The second-order valence-corrected chi connectivity index (χ2v) is 6.81. The summed E-state index contributed by atoms with van der Waals surface area (Å²) in [6, 6.07) is 7.62. The molecule has 1 saturated carbocycles. The molecule has 0 bridgehead atoms. The first-order valence-corrected chi connectivity index (χ1v) is 9.01. The van der Waals surface area contributed by atoms with Crippen molar-refractivity contribution in [1.82, 2.24) is 10.3 Å². The van der Waals surface area contributed by atoms with Crippen molar-refractivity contribution in [2.75, 3.05) is 5.32 Å². The number of pyridine rings is 1. The standard InChI is InChI=1S/C19H20ClN3O3/c20-16-7-6-14(23-18(25)12-8-9-21-17(24)10-12)11-15(16)19(26)22-13-4-2-1-3-5-13/h6-11,13H,1-5H2,(H,21,24)(H,22,26)(H,23,25). The van der Waals surface area contributed by atoms with Gasteiger partial charge in [-0.15, -0.1) is 0 Å². The molecule has 0 atom stereocenters. The fourth-order valence-electron chi connectivity index (χ4n) is 3.08. The summed E-state index contributed by atoms with van der Waals surface area (Å²) in [6.45, 7) is 0. The van der Waals surface area contributed by atoms with Gasteiger partial charge in [-0.1, -0.05) is 30.9 Å². The lowest BCUT2D eigenvalue weighted by atomic mass is 9.95. The first-order valence-electron chi connectivity index (χ1n) is 8.63. The summed E-state index contributed by atoms with van der Waals surface area (Å²) in [6.07, 6.45) is 6.79. The first kappa shape index (κ1) is 18.2. The van der Waals surface area contributed by atoms with Crippen molar-refractivity contribution >= 4 is 29.1 Å². The van der Waals surface area contributed by atoms with E-state index in [0.717, 1.165) is 25.7 Å². The minimum atomic E-state index is -0.433. The molecule has 2 aromatic rings. The van der Waals surface area contributed by atoms with Gasteiger partial charge in [-0.05, 0) is 37.1 Å². The van der Waals surface area contributed by atoms with Crippen molar-refractivity contribution < 1.29 is 9.59 Å². The molecule has 1 aliphatic carbocycles. The van der Waals surface area contributed by atoms with Gasteiger partial charge in [0.15, 0.2) is 0 Å². The van der Waals surface area contributed by atoms with Crippen LogP contribution in [-0.4, -0.2) is 22.8 Å². The molecule has 1 heterocycles. The number of anilines is 1. The lowest BCUT2D eigenvalue weighted by Gasteiger charge is -2.23. The van der Waals surface area contributed by atoms with Crippen molar-refractivity contribution in [1.29, 1.82) is 0 Å². The van der Waals surface area contributed by atoms with Gasteiger partial charge in [0.05, 0.1) is 10.6 Å². The van der Waals surface area contributed by atoms with Gasteiger partial charge in [-0.3, -0.25) is 14.4 Å². The average molecular weight is 374 g/mol. The predicted octanol–water partition coefficient (Wildman–Crippen LogP) is 3.34. The molecule has 1 aliphatic rings. The molecule has 136 valence electrons. The van der Waals surface area contributed by atoms with E-state index < -0.39 is 5.91 Å². The molecule has 6 nitrogen and oxygen atoms in total. The molecule has 0 spiro atoms. The minimum Gasteiger partial charge on any atom is -0.349 e. The van der Waals surface area contributed by atoms with E-state index in [-0.39, 0.29) is 23.1 Å². The molecule has 0 aliphatic heterocycles. The van der Waals surface area contributed by atoms with Crippen LogP contribution in [0.2, 0.25) is 5.02 Å². The van der Waals surface area contributed by atoms with E-state index in [1.807, 2.05) is 0 Å². The number of benzene rings is 1. The summed E-state index contributed by atoms with van der Waals surface area (Å²) in [5.41, 5.74) is 0.632. The Bertz CT molecular complexity index is 872. The zero-order valence-corrected chi connectivity index (χ0v) is 14.9. The summed E-state index contributed by atoms with van der Waals surface area (Å²) in [4.78, 5) is 38.6. The monoisotopic (exact) mass is 373 g/mol. The first-order chi connectivity index (χ1) is 12.5. The molecular formula is C19H20ClN3O3. The van der Waals surface area contributed by atoms with Crippen LogP contribution in [0.5, 0.6) is 0 Å². The molecule has 1 fully saturated rings. The van der Waals surface area contributed by atoms with Gasteiger partial charge in [0.1, 0.15) is 0 Å². The maximum absolute atomic E-state index is 12.5. The fraction of sp³-hybridized carbons (Fsp3) is 0.316. The van der Waals surface area contributed by atoms with Crippen LogP contribution in [0, 0.1) is 0 Å². The SMILES string of the molecule is O=C(Nc1ccc(Cl)c(C(=O)NC2CCCCC2)c1)c1cc[nH]c(=O)c1. The molecule has 0 radical (unpaired) electrons. The molecule has 3 rings (SSSR count). The van der Waals surface area contributed by atoms with Crippen LogP contribution in [0.4, 0.5) is 5.69 Å². The minimum absolute atomic E-state index is 0.168. The summed E-state index contributed by atoms with van der Waals surface area (Å²) in [7, 11) is 0. The second-order valence-electron chi connectivity index (χ2n) is 6.40. The van der Waals surface area contributed by atoms with Crippen molar-refractivity contribution in [2.24, 2.45) is 0 Å². The third kappa shape index (κ3) is 4.52. The molecule has 1 aromatic heterocycles. The fourth-order valence-corrected chi connectivity index (χ4v) is 3.28. The number of hydrogen-bond acceptors (Lipinski definition) is 3. The van der Waals surface area contributed by atoms with Crippen LogP contribution >= 0.6 is 11.6 Å². The predicted molar refractivity (Wildman–Crippen MR) is 101 cm³/mol. The van der Waals surface area contributed by atoms with Gasteiger partial charge in [0.25, 0.3) is 11.8 Å². The van der Waals surface area contributed by atoms with E-state index in [1.165, 1.54) is 24.8 Å². The number of aromatic nitrogens is 1. The Balaban J connectivity index is 1.73. The molecule has 7 heteroatoms. The van der Waals surface area contributed by atoms with Crippen molar-refractivity contribution in [3.05, 3.63) is 63.0 Å². The normalized spacial score (nSPS) is 14.7. The van der Waals surface area contributed by atoms with Crippen LogP contribution in [0.1, 0.15) is 52.8 Å². The Morgan fingerprint density at radius 2 is 1.81 bits per heavy atom. The van der Waals surface area contributed by atoms with Gasteiger partial charge < -0.3 is 15.6 Å². The highest BCUT2D eigenvalue weighted by molar-refractivity contribution is 6.34. The van der Waals surface area contributed by atoms with Crippen LogP contribution in [-0.2, 0) is 0 Å². The maximum Gasteiger partial charge on any atom is 0.255 e.